The fourth-order valence-electron chi connectivity index (χ4n) is 3.74. The molecule has 0 spiro atoms. The SMILES string of the molecule is CCCCCCCCCCCCCCCCCCNC(=O)c1ccc(C(=O)O)cc1.[H-].[Na+]. The van der Waals surface area contributed by atoms with Gasteiger partial charge in [0.05, 0.1) is 5.56 Å². The summed E-state index contributed by atoms with van der Waals surface area (Å²) in [5.41, 5.74) is 0.709. The number of hydrogen-bond donors (Lipinski definition) is 2. The molecule has 31 heavy (non-hydrogen) atoms. The molecule has 5 heteroatoms. The molecule has 1 rings (SSSR count). The summed E-state index contributed by atoms with van der Waals surface area (Å²) < 4.78 is 0. The molecule has 1 aromatic rings. The zero-order valence-electron chi connectivity index (χ0n) is 21.1. The second-order valence-electron chi connectivity index (χ2n) is 8.44. The Bertz CT molecular complexity index is 581. The first-order chi connectivity index (χ1) is 14.6. The van der Waals surface area contributed by atoms with Crippen LogP contribution in [0.15, 0.2) is 24.3 Å². The number of carboxylic acids is 1. The minimum atomic E-state index is -0.977. The molecular weight excluding hydrogens is 397 g/mol. The van der Waals surface area contributed by atoms with Crippen molar-refractivity contribution in [3.63, 3.8) is 0 Å². The molecule has 1 aromatic carbocycles. The zero-order chi connectivity index (χ0) is 21.9. The van der Waals surface area contributed by atoms with E-state index in [0.717, 1.165) is 12.8 Å². The first-order valence-electron chi connectivity index (χ1n) is 12.3. The minimum absolute atomic E-state index is 0. The minimum Gasteiger partial charge on any atom is -1.00 e. The maximum absolute atomic E-state index is 12.0. The third-order valence-electron chi connectivity index (χ3n) is 5.71. The first-order valence-corrected chi connectivity index (χ1v) is 12.3. The van der Waals surface area contributed by atoms with Crippen molar-refractivity contribution in [3.8, 4) is 0 Å². The summed E-state index contributed by atoms with van der Waals surface area (Å²) in [6, 6.07) is 6.05. The number of carboxylic acid groups (broad SMARTS) is 1. The van der Waals surface area contributed by atoms with Crippen molar-refractivity contribution < 1.29 is 45.7 Å². The summed E-state index contributed by atoms with van der Waals surface area (Å²) in [7, 11) is 0. The molecule has 0 radical (unpaired) electrons. The van der Waals surface area contributed by atoms with E-state index in [2.05, 4.69) is 12.2 Å². The van der Waals surface area contributed by atoms with E-state index >= 15 is 0 Å². The van der Waals surface area contributed by atoms with Gasteiger partial charge in [0.2, 0.25) is 0 Å². The van der Waals surface area contributed by atoms with Gasteiger partial charge in [0.25, 0.3) is 5.91 Å². The topological polar surface area (TPSA) is 66.4 Å². The molecule has 1 amide bonds. The number of rotatable bonds is 19. The molecule has 4 nitrogen and oxygen atoms in total. The Labute approximate surface area is 213 Å². The van der Waals surface area contributed by atoms with Gasteiger partial charge in [-0.15, -0.1) is 0 Å². The van der Waals surface area contributed by atoms with Crippen LogP contribution in [0.2, 0.25) is 0 Å². The number of amides is 1. The van der Waals surface area contributed by atoms with E-state index in [0.29, 0.717) is 12.1 Å². The van der Waals surface area contributed by atoms with Crippen molar-refractivity contribution in [3.05, 3.63) is 35.4 Å². The van der Waals surface area contributed by atoms with E-state index in [1.165, 1.54) is 102 Å². The van der Waals surface area contributed by atoms with Crippen molar-refractivity contribution >= 4 is 11.9 Å². The van der Waals surface area contributed by atoms with Gasteiger partial charge in [-0.2, -0.15) is 0 Å². The number of hydrogen-bond acceptors (Lipinski definition) is 2. The average Bonchev–Trinajstić information content (AvgIpc) is 2.75. The van der Waals surface area contributed by atoms with Crippen molar-refractivity contribution in [2.75, 3.05) is 6.54 Å². The molecule has 0 aliphatic carbocycles. The van der Waals surface area contributed by atoms with E-state index < -0.39 is 5.97 Å². The van der Waals surface area contributed by atoms with Crippen molar-refractivity contribution in [2.45, 2.75) is 110 Å². The molecule has 2 N–H and O–H groups in total. The van der Waals surface area contributed by atoms with Crippen LogP contribution in [-0.2, 0) is 0 Å². The molecule has 0 aromatic heterocycles. The molecular formula is C26H44NNaO3. The maximum atomic E-state index is 12.0. The van der Waals surface area contributed by atoms with Crippen LogP contribution < -0.4 is 34.9 Å². The molecule has 0 heterocycles. The van der Waals surface area contributed by atoms with Gasteiger partial charge in [0, 0.05) is 12.1 Å². The Kier molecular flexibility index (Phi) is 20.5. The van der Waals surface area contributed by atoms with E-state index in [9.17, 15) is 9.59 Å². The van der Waals surface area contributed by atoms with Crippen LogP contribution >= 0.6 is 0 Å². The maximum Gasteiger partial charge on any atom is 1.00 e. The van der Waals surface area contributed by atoms with Gasteiger partial charge >= 0.3 is 35.5 Å². The monoisotopic (exact) mass is 441 g/mol. The molecule has 0 unspecified atom stereocenters. The predicted octanol–water partition coefficient (Wildman–Crippen LogP) is 4.49. The Morgan fingerprint density at radius 1 is 0.677 bits per heavy atom. The van der Waals surface area contributed by atoms with Gasteiger partial charge in [-0.05, 0) is 30.7 Å². The van der Waals surface area contributed by atoms with Gasteiger partial charge in [-0.3, -0.25) is 4.79 Å². The van der Waals surface area contributed by atoms with Crippen LogP contribution in [0.1, 0.15) is 132 Å². The standard InChI is InChI=1S/C26H43NO3.Na.H/c1-2-3-4-5-6-7-8-9-10-11-12-13-14-15-16-17-22-27-25(28)23-18-20-24(21-19-23)26(29)30;;/h18-21H,2-17,22H2,1H3,(H,27,28)(H,29,30);;/q;+1;-1. The smallest absolute Gasteiger partial charge is 1.00 e. The summed E-state index contributed by atoms with van der Waals surface area (Å²) in [6.07, 6.45) is 21.4. The van der Waals surface area contributed by atoms with E-state index in [1.54, 1.807) is 12.1 Å². The molecule has 0 saturated heterocycles. The molecule has 172 valence electrons. The summed E-state index contributed by atoms with van der Waals surface area (Å²) >= 11 is 0. The zero-order valence-corrected chi connectivity index (χ0v) is 22.1. The predicted molar refractivity (Wildman–Crippen MR) is 126 cm³/mol. The van der Waals surface area contributed by atoms with Gasteiger partial charge in [0.1, 0.15) is 0 Å². The van der Waals surface area contributed by atoms with Crippen LogP contribution in [0.5, 0.6) is 0 Å². The largest absolute Gasteiger partial charge is 1.00 e. The number of benzene rings is 1. The molecule has 0 fully saturated rings. The molecule has 0 atom stereocenters. The Morgan fingerprint density at radius 2 is 1.03 bits per heavy atom. The number of aromatic carboxylic acids is 1. The van der Waals surface area contributed by atoms with E-state index in [4.69, 9.17) is 5.11 Å². The molecule has 0 bridgehead atoms. The van der Waals surface area contributed by atoms with E-state index in [-0.39, 0.29) is 42.5 Å². The Balaban J connectivity index is 0. The fraction of sp³-hybridized carbons (Fsp3) is 0.692. The fourth-order valence-corrected chi connectivity index (χ4v) is 3.74. The van der Waals surface area contributed by atoms with Crippen LogP contribution in [0.25, 0.3) is 0 Å². The average molecular weight is 442 g/mol. The first kappa shape index (κ1) is 30.2. The molecule has 0 aliphatic heterocycles. The van der Waals surface area contributed by atoms with Crippen molar-refractivity contribution in [1.82, 2.24) is 5.32 Å². The number of carbonyl (C=O) groups is 2. The van der Waals surface area contributed by atoms with Gasteiger partial charge in [-0.1, -0.05) is 103 Å². The van der Waals surface area contributed by atoms with Crippen molar-refractivity contribution in [1.29, 1.82) is 0 Å². The Morgan fingerprint density at radius 3 is 1.42 bits per heavy atom. The van der Waals surface area contributed by atoms with Gasteiger partial charge < -0.3 is 11.8 Å². The summed E-state index contributed by atoms with van der Waals surface area (Å²) in [4.78, 5) is 22.9. The normalized spacial score (nSPS) is 10.5. The van der Waals surface area contributed by atoms with Crippen LogP contribution in [0.3, 0.4) is 0 Å². The van der Waals surface area contributed by atoms with E-state index in [1.807, 2.05) is 0 Å². The Hall–Kier alpha value is -0.840. The van der Waals surface area contributed by atoms with Crippen molar-refractivity contribution in [2.24, 2.45) is 0 Å². The summed E-state index contributed by atoms with van der Waals surface area (Å²) in [5, 5.41) is 11.8. The van der Waals surface area contributed by atoms with Gasteiger partial charge in [-0.25, -0.2) is 4.79 Å². The quantitative estimate of drug-likeness (QED) is 0.245. The molecule has 0 aliphatic rings. The third kappa shape index (κ3) is 16.5. The number of carbonyl (C=O) groups excluding carboxylic acids is 1. The summed E-state index contributed by atoms with van der Waals surface area (Å²) in [6.45, 7) is 2.95. The second-order valence-corrected chi connectivity index (χ2v) is 8.44. The van der Waals surface area contributed by atoms with Crippen LogP contribution in [0.4, 0.5) is 0 Å². The number of nitrogens with one attached hydrogen (secondary N) is 1. The summed E-state index contributed by atoms with van der Waals surface area (Å²) in [5.74, 6) is -1.11. The third-order valence-corrected chi connectivity index (χ3v) is 5.71. The van der Waals surface area contributed by atoms with Crippen LogP contribution in [-0.4, -0.2) is 23.5 Å². The molecule has 0 saturated carbocycles. The second kappa shape index (κ2) is 21.0. The van der Waals surface area contributed by atoms with Gasteiger partial charge in [0.15, 0.2) is 0 Å². The number of unbranched alkanes of at least 4 members (excludes halogenated alkanes) is 15. The van der Waals surface area contributed by atoms with Crippen LogP contribution in [0, 0.1) is 0 Å².